The molecule has 1 heterocycles. The Balaban J connectivity index is 1.69. The van der Waals surface area contributed by atoms with Gasteiger partial charge in [-0.1, -0.05) is 23.5 Å². The summed E-state index contributed by atoms with van der Waals surface area (Å²) >= 11 is 1.42. The Labute approximate surface area is 157 Å². The van der Waals surface area contributed by atoms with E-state index in [0.717, 1.165) is 38.4 Å². The maximum atomic E-state index is 12.3. The fraction of sp³-hybridized carbons (Fsp3) is 0.300. The second-order valence-electron chi connectivity index (χ2n) is 6.10. The summed E-state index contributed by atoms with van der Waals surface area (Å²) in [7, 11) is 0. The van der Waals surface area contributed by atoms with Crippen molar-refractivity contribution in [3.8, 4) is 11.5 Å². The Morgan fingerprint density at radius 3 is 2.73 bits per heavy atom. The highest BCUT2D eigenvalue weighted by atomic mass is 32.1. The first kappa shape index (κ1) is 18.2. The molecule has 6 heteroatoms. The topological polar surface area (TPSA) is 60.5 Å². The van der Waals surface area contributed by atoms with Gasteiger partial charge in [-0.3, -0.25) is 10.1 Å². The molecule has 0 bridgehead atoms. The molecule has 0 saturated heterocycles. The molecule has 136 valence electrons. The van der Waals surface area contributed by atoms with Gasteiger partial charge in [-0.15, -0.1) is 0 Å². The standard InChI is InChI=1S/C20H22N2O3S/c1-5-24-15-7-6-8-17-19(15)22-20(26-17)21-18(23)11-25-16-10-12(2)9-13(3)14(16)4/h6-10H,5,11H2,1-4H3,(H,21,22,23). The van der Waals surface area contributed by atoms with Gasteiger partial charge in [-0.2, -0.15) is 0 Å². The number of amides is 1. The summed E-state index contributed by atoms with van der Waals surface area (Å²) in [5.74, 6) is 1.23. The average molecular weight is 370 g/mol. The molecule has 0 aliphatic rings. The quantitative estimate of drug-likeness (QED) is 0.687. The molecular weight excluding hydrogens is 348 g/mol. The predicted octanol–water partition coefficient (Wildman–Crippen LogP) is 4.64. The molecular formula is C20H22N2O3S. The van der Waals surface area contributed by atoms with Crippen LogP contribution in [0.1, 0.15) is 23.6 Å². The molecule has 0 aliphatic heterocycles. The number of para-hydroxylation sites is 1. The molecule has 1 aromatic heterocycles. The predicted molar refractivity (Wildman–Crippen MR) is 106 cm³/mol. The normalized spacial score (nSPS) is 10.8. The summed E-state index contributed by atoms with van der Waals surface area (Å²) in [6, 6.07) is 9.80. The first-order chi connectivity index (χ1) is 12.5. The van der Waals surface area contributed by atoms with Gasteiger partial charge in [-0.05, 0) is 62.6 Å². The number of fused-ring (bicyclic) bond motifs is 1. The number of aryl methyl sites for hydroxylation is 2. The Kier molecular flexibility index (Phi) is 5.42. The van der Waals surface area contributed by atoms with Gasteiger partial charge in [-0.25, -0.2) is 4.98 Å². The van der Waals surface area contributed by atoms with Crippen LogP contribution in [0.4, 0.5) is 5.13 Å². The number of thiazole rings is 1. The van der Waals surface area contributed by atoms with Crippen LogP contribution in [-0.2, 0) is 4.79 Å². The largest absolute Gasteiger partial charge is 0.492 e. The van der Waals surface area contributed by atoms with Gasteiger partial charge in [0.2, 0.25) is 0 Å². The lowest BCUT2D eigenvalue weighted by molar-refractivity contribution is -0.118. The van der Waals surface area contributed by atoms with Crippen molar-refractivity contribution in [3.63, 3.8) is 0 Å². The zero-order valence-electron chi connectivity index (χ0n) is 15.4. The molecule has 3 aromatic rings. The molecule has 2 aromatic carbocycles. The number of rotatable bonds is 6. The van der Waals surface area contributed by atoms with Crippen molar-refractivity contribution < 1.29 is 14.3 Å². The van der Waals surface area contributed by atoms with E-state index in [4.69, 9.17) is 9.47 Å². The summed E-state index contributed by atoms with van der Waals surface area (Å²) in [5, 5.41) is 3.35. The molecule has 5 nitrogen and oxygen atoms in total. The van der Waals surface area contributed by atoms with Crippen LogP contribution in [0.5, 0.6) is 11.5 Å². The summed E-state index contributed by atoms with van der Waals surface area (Å²) in [6.07, 6.45) is 0. The lowest BCUT2D eigenvalue weighted by atomic mass is 10.1. The van der Waals surface area contributed by atoms with Crippen molar-refractivity contribution in [2.75, 3.05) is 18.5 Å². The monoisotopic (exact) mass is 370 g/mol. The lowest BCUT2D eigenvalue weighted by Crippen LogP contribution is -2.20. The summed E-state index contributed by atoms with van der Waals surface area (Å²) < 4.78 is 12.3. The first-order valence-electron chi connectivity index (χ1n) is 8.50. The number of ether oxygens (including phenoxy) is 2. The summed E-state index contributed by atoms with van der Waals surface area (Å²) in [5.41, 5.74) is 4.07. The molecule has 0 radical (unpaired) electrons. The minimum Gasteiger partial charge on any atom is -0.492 e. The van der Waals surface area contributed by atoms with Crippen molar-refractivity contribution in [1.82, 2.24) is 4.98 Å². The highest BCUT2D eigenvalue weighted by Crippen LogP contribution is 2.32. The molecule has 0 spiro atoms. The maximum absolute atomic E-state index is 12.3. The second kappa shape index (κ2) is 7.74. The molecule has 26 heavy (non-hydrogen) atoms. The Morgan fingerprint density at radius 2 is 1.96 bits per heavy atom. The second-order valence-corrected chi connectivity index (χ2v) is 7.13. The van der Waals surface area contributed by atoms with E-state index in [1.165, 1.54) is 11.3 Å². The van der Waals surface area contributed by atoms with Crippen LogP contribution in [0.25, 0.3) is 10.2 Å². The van der Waals surface area contributed by atoms with Crippen LogP contribution in [0, 0.1) is 20.8 Å². The van der Waals surface area contributed by atoms with Crippen molar-refractivity contribution in [2.45, 2.75) is 27.7 Å². The van der Waals surface area contributed by atoms with Crippen LogP contribution in [0.2, 0.25) is 0 Å². The highest BCUT2D eigenvalue weighted by Gasteiger charge is 2.12. The third kappa shape index (κ3) is 3.96. The number of hydrogen-bond donors (Lipinski definition) is 1. The summed E-state index contributed by atoms with van der Waals surface area (Å²) in [4.78, 5) is 16.7. The van der Waals surface area contributed by atoms with E-state index in [1.807, 2.05) is 52.0 Å². The smallest absolute Gasteiger partial charge is 0.264 e. The van der Waals surface area contributed by atoms with Gasteiger partial charge in [0.05, 0.1) is 11.3 Å². The molecule has 0 aliphatic carbocycles. The van der Waals surface area contributed by atoms with Crippen LogP contribution in [0.15, 0.2) is 30.3 Å². The number of nitrogens with one attached hydrogen (secondary N) is 1. The number of carbonyl (C=O) groups excluding carboxylic acids is 1. The number of nitrogens with zero attached hydrogens (tertiary/aromatic N) is 1. The Hall–Kier alpha value is -2.60. The van der Waals surface area contributed by atoms with Crippen LogP contribution in [0.3, 0.4) is 0 Å². The molecule has 0 fully saturated rings. The highest BCUT2D eigenvalue weighted by molar-refractivity contribution is 7.22. The van der Waals surface area contributed by atoms with Crippen LogP contribution in [-0.4, -0.2) is 24.1 Å². The SMILES string of the molecule is CCOc1cccc2sc(NC(=O)COc3cc(C)cc(C)c3C)nc12. The molecule has 3 rings (SSSR count). The lowest BCUT2D eigenvalue weighted by Gasteiger charge is -2.11. The van der Waals surface area contributed by atoms with Gasteiger partial charge in [0.1, 0.15) is 17.0 Å². The van der Waals surface area contributed by atoms with E-state index in [9.17, 15) is 4.79 Å². The molecule has 1 amide bonds. The Bertz CT molecular complexity index is 950. The van der Waals surface area contributed by atoms with Crippen molar-refractivity contribution in [2.24, 2.45) is 0 Å². The number of aromatic nitrogens is 1. The maximum Gasteiger partial charge on any atom is 0.264 e. The van der Waals surface area contributed by atoms with Gasteiger partial charge in [0.15, 0.2) is 11.7 Å². The zero-order chi connectivity index (χ0) is 18.7. The van der Waals surface area contributed by atoms with Gasteiger partial charge < -0.3 is 9.47 Å². The first-order valence-corrected chi connectivity index (χ1v) is 9.32. The fourth-order valence-corrected chi connectivity index (χ4v) is 3.60. The third-order valence-electron chi connectivity index (χ3n) is 4.05. The van der Waals surface area contributed by atoms with Crippen molar-refractivity contribution >= 4 is 32.6 Å². The number of hydrogen-bond acceptors (Lipinski definition) is 5. The zero-order valence-corrected chi connectivity index (χ0v) is 16.2. The van der Waals surface area contributed by atoms with E-state index in [2.05, 4.69) is 16.4 Å². The van der Waals surface area contributed by atoms with E-state index in [-0.39, 0.29) is 12.5 Å². The minimum absolute atomic E-state index is 0.0576. The minimum atomic E-state index is -0.236. The molecule has 0 atom stereocenters. The van der Waals surface area contributed by atoms with Crippen molar-refractivity contribution in [3.05, 3.63) is 47.0 Å². The van der Waals surface area contributed by atoms with E-state index in [0.29, 0.717) is 11.7 Å². The summed E-state index contributed by atoms with van der Waals surface area (Å²) in [6.45, 7) is 8.48. The van der Waals surface area contributed by atoms with Gasteiger partial charge >= 0.3 is 0 Å². The van der Waals surface area contributed by atoms with E-state index in [1.54, 1.807) is 0 Å². The van der Waals surface area contributed by atoms with Gasteiger partial charge in [0.25, 0.3) is 5.91 Å². The van der Waals surface area contributed by atoms with Gasteiger partial charge in [0, 0.05) is 0 Å². The average Bonchev–Trinajstić information content (AvgIpc) is 3.00. The molecule has 1 N–H and O–H groups in total. The number of benzene rings is 2. The van der Waals surface area contributed by atoms with E-state index >= 15 is 0 Å². The van der Waals surface area contributed by atoms with Crippen LogP contribution < -0.4 is 14.8 Å². The number of anilines is 1. The van der Waals surface area contributed by atoms with Crippen LogP contribution >= 0.6 is 11.3 Å². The molecule has 0 saturated carbocycles. The van der Waals surface area contributed by atoms with E-state index < -0.39 is 0 Å². The van der Waals surface area contributed by atoms with Crippen molar-refractivity contribution in [1.29, 1.82) is 0 Å². The molecule has 0 unspecified atom stereocenters. The number of carbonyl (C=O) groups is 1. The Morgan fingerprint density at radius 1 is 1.15 bits per heavy atom. The third-order valence-corrected chi connectivity index (χ3v) is 4.99. The fourth-order valence-electron chi connectivity index (χ4n) is 2.70.